The van der Waals surface area contributed by atoms with E-state index in [0.717, 1.165) is 24.2 Å². The van der Waals surface area contributed by atoms with Gasteiger partial charge in [0.2, 0.25) is 0 Å². The van der Waals surface area contributed by atoms with Crippen LogP contribution in [0.3, 0.4) is 0 Å². The summed E-state index contributed by atoms with van der Waals surface area (Å²) < 4.78 is 5.79. The minimum absolute atomic E-state index is 0.0325. The number of benzene rings is 2. The highest BCUT2D eigenvalue weighted by molar-refractivity contribution is 5.88. The quantitative estimate of drug-likeness (QED) is 0.828. The fourth-order valence-electron chi connectivity index (χ4n) is 2.60. The smallest absolute Gasteiger partial charge is 0.124 e. The summed E-state index contributed by atoms with van der Waals surface area (Å²) in [5, 5.41) is 2.45. The van der Waals surface area contributed by atoms with Gasteiger partial charge in [0, 0.05) is 11.6 Å². The zero-order valence-corrected chi connectivity index (χ0v) is 12.7. The van der Waals surface area contributed by atoms with Crippen molar-refractivity contribution in [3.05, 3.63) is 42.0 Å². The molecule has 0 amide bonds. The van der Waals surface area contributed by atoms with Gasteiger partial charge in [-0.1, -0.05) is 44.2 Å². The third-order valence-corrected chi connectivity index (χ3v) is 3.66. The van der Waals surface area contributed by atoms with E-state index in [1.54, 1.807) is 0 Å². The van der Waals surface area contributed by atoms with Gasteiger partial charge < -0.3 is 10.5 Å². The average molecular weight is 271 g/mol. The first-order chi connectivity index (χ1) is 9.63. The third kappa shape index (κ3) is 3.31. The normalized spacial score (nSPS) is 12.8. The third-order valence-electron chi connectivity index (χ3n) is 3.66. The zero-order chi connectivity index (χ0) is 14.5. The SMILES string of the molecule is CCOc1ccc2ccccc2c1[C@@H](N)CCC(C)C. The molecule has 2 aromatic carbocycles. The van der Waals surface area contributed by atoms with E-state index >= 15 is 0 Å². The van der Waals surface area contributed by atoms with Gasteiger partial charge in [0.05, 0.1) is 6.61 Å². The number of hydrogen-bond acceptors (Lipinski definition) is 2. The summed E-state index contributed by atoms with van der Waals surface area (Å²) in [6.07, 6.45) is 2.13. The van der Waals surface area contributed by atoms with Crippen LogP contribution in [-0.4, -0.2) is 6.61 Å². The molecule has 0 spiro atoms. The largest absolute Gasteiger partial charge is 0.494 e. The summed E-state index contributed by atoms with van der Waals surface area (Å²) in [5.41, 5.74) is 7.62. The van der Waals surface area contributed by atoms with Crippen molar-refractivity contribution in [2.24, 2.45) is 11.7 Å². The molecule has 2 rings (SSSR count). The van der Waals surface area contributed by atoms with Crippen LogP contribution in [0.15, 0.2) is 36.4 Å². The maximum absolute atomic E-state index is 6.46. The maximum atomic E-state index is 6.46. The van der Waals surface area contributed by atoms with Gasteiger partial charge in [0.15, 0.2) is 0 Å². The number of rotatable bonds is 6. The molecular weight excluding hydrogens is 246 g/mol. The molecule has 2 heteroatoms. The highest BCUT2D eigenvalue weighted by Crippen LogP contribution is 2.34. The lowest BCUT2D eigenvalue weighted by Gasteiger charge is -2.20. The van der Waals surface area contributed by atoms with Crippen LogP contribution in [0, 0.1) is 5.92 Å². The van der Waals surface area contributed by atoms with Crippen LogP contribution in [-0.2, 0) is 0 Å². The summed E-state index contributed by atoms with van der Waals surface area (Å²) in [6.45, 7) is 7.15. The second-order valence-corrected chi connectivity index (χ2v) is 5.71. The van der Waals surface area contributed by atoms with E-state index < -0.39 is 0 Å². The van der Waals surface area contributed by atoms with E-state index in [1.165, 1.54) is 10.8 Å². The fourth-order valence-corrected chi connectivity index (χ4v) is 2.60. The molecule has 2 aromatic rings. The molecule has 0 aliphatic rings. The minimum Gasteiger partial charge on any atom is -0.494 e. The first-order valence-electron chi connectivity index (χ1n) is 7.53. The standard InChI is InChI=1S/C18H25NO/c1-4-20-17-12-10-14-7-5-6-8-15(14)18(17)16(19)11-9-13(2)3/h5-8,10,12-13,16H,4,9,11,19H2,1-3H3/t16-/m0/s1. The van der Waals surface area contributed by atoms with E-state index in [2.05, 4.69) is 50.2 Å². The molecule has 2 nitrogen and oxygen atoms in total. The predicted molar refractivity (Wildman–Crippen MR) is 86.1 cm³/mol. The highest BCUT2D eigenvalue weighted by atomic mass is 16.5. The Kier molecular flexibility index (Phi) is 5.02. The minimum atomic E-state index is 0.0325. The molecule has 1 atom stereocenters. The Morgan fingerprint density at radius 2 is 1.80 bits per heavy atom. The van der Waals surface area contributed by atoms with Crippen LogP contribution in [0.5, 0.6) is 5.75 Å². The van der Waals surface area contributed by atoms with Gasteiger partial charge in [-0.3, -0.25) is 0 Å². The summed E-state index contributed by atoms with van der Waals surface area (Å²) in [7, 11) is 0. The first kappa shape index (κ1) is 14.9. The number of nitrogens with two attached hydrogens (primary N) is 1. The molecule has 2 N–H and O–H groups in total. The van der Waals surface area contributed by atoms with Crippen molar-refractivity contribution >= 4 is 10.8 Å². The second kappa shape index (κ2) is 6.76. The monoisotopic (exact) mass is 271 g/mol. The van der Waals surface area contributed by atoms with Gasteiger partial charge in [-0.25, -0.2) is 0 Å². The number of ether oxygens (including phenoxy) is 1. The van der Waals surface area contributed by atoms with Crippen molar-refractivity contribution in [3.63, 3.8) is 0 Å². The fraction of sp³-hybridized carbons (Fsp3) is 0.444. The van der Waals surface area contributed by atoms with Gasteiger partial charge in [-0.05, 0) is 42.5 Å². The van der Waals surface area contributed by atoms with Crippen molar-refractivity contribution < 1.29 is 4.74 Å². The first-order valence-corrected chi connectivity index (χ1v) is 7.53. The van der Waals surface area contributed by atoms with Gasteiger partial charge in [0.25, 0.3) is 0 Å². The Balaban J connectivity index is 2.43. The highest BCUT2D eigenvalue weighted by Gasteiger charge is 2.16. The van der Waals surface area contributed by atoms with E-state index in [0.29, 0.717) is 12.5 Å². The van der Waals surface area contributed by atoms with Crippen molar-refractivity contribution in [2.45, 2.75) is 39.7 Å². The molecule has 0 radical (unpaired) electrons. The molecule has 0 fully saturated rings. The Bertz CT molecular complexity index is 562. The van der Waals surface area contributed by atoms with Gasteiger partial charge in [0.1, 0.15) is 5.75 Å². The van der Waals surface area contributed by atoms with E-state index in [-0.39, 0.29) is 6.04 Å². The zero-order valence-electron chi connectivity index (χ0n) is 12.7. The van der Waals surface area contributed by atoms with E-state index in [9.17, 15) is 0 Å². The lowest BCUT2D eigenvalue weighted by Crippen LogP contribution is -2.13. The molecule has 0 saturated carbocycles. The summed E-state index contributed by atoms with van der Waals surface area (Å²) in [5.74, 6) is 1.61. The van der Waals surface area contributed by atoms with Gasteiger partial charge in [-0.2, -0.15) is 0 Å². The molecule has 0 aliphatic carbocycles. The molecule has 0 saturated heterocycles. The number of hydrogen-bond donors (Lipinski definition) is 1. The lowest BCUT2D eigenvalue weighted by atomic mass is 9.93. The van der Waals surface area contributed by atoms with Crippen molar-refractivity contribution in [2.75, 3.05) is 6.61 Å². The summed E-state index contributed by atoms with van der Waals surface area (Å²) in [4.78, 5) is 0. The van der Waals surface area contributed by atoms with Crippen molar-refractivity contribution in [1.82, 2.24) is 0 Å². The van der Waals surface area contributed by atoms with Crippen molar-refractivity contribution in [1.29, 1.82) is 0 Å². The Hall–Kier alpha value is -1.54. The number of fused-ring (bicyclic) bond motifs is 1. The summed E-state index contributed by atoms with van der Waals surface area (Å²) >= 11 is 0. The van der Waals surface area contributed by atoms with Crippen LogP contribution in [0.2, 0.25) is 0 Å². The van der Waals surface area contributed by atoms with Gasteiger partial charge in [-0.15, -0.1) is 0 Å². The molecular formula is C18H25NO. The topological polar surface area (TPSA) is 35.2 Å². The Morgan fingerprint density at radius 3 is 2.50 bits per heavy atom. The Morgan fingerprint density at radius 1 is 1.05 bits per heavy atom. The lowest BCUT2D eigenvalue weighted by molar-refractivity contribution is 0.333. The van der Waals surface area contributed by atoms with Crippen LogP contribution < -0.4 is 10.5 Å². The van der Waals surface area contributed by atoms with Gasteiger partial charge >= 0.3 is 0 Å². The van der Waals surface area contributed by atoms with Crippen LogP contribution in [0.4, 0.5) is 0 Å². The summed E-state index contributed by atoms with van der Waals surface area (Å²) in [6, 6.07) is 12.6. The molecule has 0 bridgehead atoms. The average Bonchev–Trinajstić information content (AvgIpc) is 2.45. The molecule has 0 heterocycles. The predicted octanol–water partition coefficient (Wildman–Crippen LogP) is 4.67. The van der Waals surface area contributed by atoms with Crippen LogP contribution >= 0.6 is 0 Å². The molecule has 20 heavy (non-hydrogen) atoms. The molecule has 0 aliphatic heterocycles. The van der Waals surface area contributed by atoms with Crippen molar-refractivity contribution in [3.8, 4) is 5.75 Å². The van der Waals surface area contributed by atoms with Crippen LogP contribution in [0.1, 0.15) is 45.2 Å². The second-order valence-electron chi connectivity index (χ2n) is 5.71. The maximum Gasteiger partial charge on any atom is 0.124 e. The molecule has 0 unspecified atom stereocenters. The van der Waals surface area contributed by atoms with Crippen LogP contribution in [0.25, 0.3) is 10.8 Å². The molecule has 108 valence electrons. The Labute approximate surface area is 121 Å². The van der Waals surface area contributed by atoms with E-state index in [1.807, 2.05) is 6.92 Å². The van der Waals surface area contributed by atoms with E-state index in [4.69, 9.17) is 10.5 Å². The molecule has 0 aromatic heterocycles.